The van der Waals surface area contributed by atoms with E-state index < -0.39 is 6.10 Å². The van der Waals surface area contributed by atoms with Gasteiger partial charge in [-0.2, -0.15) is 0 Å². The molecule has 1 aliphatic rings. The van der Waals surface area contributed by atoms with Crippen molar-refractivity contribution in [1.82, 2.24) is 0 Å². The highest BCUT2D eigenvalue weighted by Crippen LogP contribution is 2.48. The van der Waals surface area contributed by atoms with Crippen LogP contribution >= 0.6 is 34.8 Å². The van der Waals surface area contributed by atoms with E-state index in [4.69, 9.17) is 39.5 Å². The van der Waals surface area contributed by atoms with Crippen LogP contribution in [0.4, 0.5) is 0 Å². The normalized spacial score (nSPS) is 23.8. The molecular weight excluding hydrogens is 258 g/mol. The van der Waals surface area contributed by atoms with E-state index >= 15 is 0 Å². The second-order valence-electron chi connectivity index (χ2n) is 3.41. The number of aliphatic hydroxyl groups excluding tert-OH is 1. The number of hydrogen-bond acceptors (Lipinski definition) is 2. The lowest BCUT2D eigenvalue weighted by Crippen LogP contribution is -2.16. The molecular formula is C10H9Cl3O2. The molecule has 15 heavy (non-hydrogen) atoms. The number of hydrogen-bond donors (Lipinski definition) is 1. The first kappa shape index (κ1) is 11.3. The average molecular weight is 268 g/mol. The number of fused-ring (bicyclic) bond motifs is 1. The van der Waals surface area contributed by atoms with Gasteiger partial charge in [0.05, 0.1) is 15.1 Å². The van der Waals surface area contributed by atoms with Crippen molar-refractivity contribution in [3.63, 3.8) is 0 Å². The van der Waals surface area contributed by atoms with Gasteiger partial charge in [-0.05, 0) is 12.5 Å². The lowest BCUT2D eigenvalue weighted by Gasteiger charge is -2.11. The van der Waals surface area contributed by atoms with Gasteiger partial charge in [0.25, 0.3) is 0 Å². The fourth-order valence-corrected chi connectivity index (χ4v) is 2.46. The molecule has 5 heteroatoms. The Kier molecular flexibility index (Phi) is 3.04. The number of rotatable bonds is 1. The molecule has 0 saturated carbocycles. The molecule has 0 fully saturated rings. The molecule has 0 aliphatic carbocycles. The molecule has 2 nitrogen and oxygen atoms in total. The summed E-state index contributed by atoms with van der Waals surface area (Å²) in [4.78, 5) is 0. The zero-order valence-electron chi connectivity index (χ0n) is 7.93. The largest absolute Gasteiger partial charge is 0.485 e. The zero-order chi connectivity index (χ0) is 11.2. The van der Waals surface area contributed by atoms with Gasteiger partial charge in [-0.15, -0.1) is 0 Å². The average Bonchev–Trinajstić information content (AvgIpc) is 2.53. The van der Waals surface area contributed by atoms with Crippen molar-refractivity contribution >= 4 is 34.8 Å². The van der Waals surface area contributed by atoms with Crippen molar-refractivity contribution in [2.45, 2.75) is 25.6 Å². The monoisotopic (exact) mass is 266 g/mol. The van der Waals surface area contributed by atoms with Crippen LogP contribution in [0.25, 0.3) is 0 Å². The van der Waals surface area contributed by atoms with E-state index in [0.717, 1.165) is 0 Å². The van der Waals surface area contributed by atoms with Crippen molar-refractivity contribution in [1.29, 1.82) is 0 Å². The molecule has 0 amide bonds. The van der Waals surface area contributed by atoms with Gasteiger partial charge in [0.15, 0.2) is 0 Å². The molecule has 2 atom stereocenters. The minimum absolute atomic E-state index is 0.298. The molecule has 2 rings (SSSR count). The molecule has 0 aromatic heterocycles. The van der Waals surface area contributed by atoms with E-state index in [9.17, 15) is 5.11 Å². The summed E-state index contributed by atoms with van der Waals surface area (Å²) in [6.07, 6.45) is -0.373. The molecule has 82 valence electrons. The molecule has 0 bridgehead atoms. The first-order valence-corrected chi connectivity index (χ1v) is 5.71. The lowest BCUT2D eigenvalue weighted by atomic mass is 10.1. The predicted octanol–water partition coefficient (Wildman–Crippen LogP) is 3.85. The Morgan fingerprint density at radius 2 is 2.00 bits per heavy atom. The first-order valence-electron chi connectivity index (χ1n) is 4.58. The minimum atomic E-state index is -0.756. The van der Waals surface area contributed by atoms with E-state index in [1.54, 1.807) is 0 Å². The maximum absolute atomic E-state index is 9.94. The summed E-state index contributed by atoms with van der Waals surface area (Å²) in [6.45, 7) is 1.92. The van der Waals surface area contributed by atoms with Crippen LogP contribution in [0.2, 0.25) is 15.1 Å². The zero-order valence-corrected chi connectivity index (χ0v) is 10.2. The van der Waals surface area contributed by atoms with Crippen LogP contribution in [-0.4, -0.2) is 11.2 Å². The van der Waals surface area contributed by atoms with Gasteiger partial charge < -0.3 is 9.84 Å². The Hall–Kier alpha value is -0.150. The van der Waals surface area contributed by atoms with Crippen molar-refractivity contribution in [3.05, 3.63) is 26.7 Å². The summed E-state index contributed by atoms with van der Waals surface area (Å²) in [5.74, 6) is 0.449. The van der Waals surface area contributed by atoms with E-state index in [2.05, 4.69) is 0 Å². The standard InChI is InChI=1S/C10H9Cl3O2/c1-2-6-9(14)7-8(13)4(11)3-5(12)10(7)15-6/h3,6,9,14H,2H2,1H3. The van der Waals surface area contributed by atoms with Crippen LogP contribution in [0.15, 0.2) is 6.07 Å². The maximum atomic E-state index is 9.94. The third kappa shape index (κ3) is 1.70. The number of ether oxygens (including phenoxy) is 1. The van der Waals surface area contributed by atoms with Crippen molar-refractivity contribution in [2.75, 3.05) is 0 Å². The minimum Gasteiger partial charge on any atom is -0.485 e. The fraction of sp³-hybridized carbons (Fsp3) is 0.400. The Balaban J connectivity index is 2.58. The van der Waals surface area contributed by atoms with Crippen LogP contribution in [0.1, 0.15) is 25.0 Å². The lowest BCUT2D eigenvalue weighted by molar-refractivity contribution is 0.0654. The van der Waals surface area contributed by atoms with Gasteiger partial charge in [0.2, 0.25) is 0 Å². The van der Waals surface area contributed by atoms with Gasteiger partial charge in [-0.3, -0.25) is 0 Å². The van der Waals surface area contributed by atoms with Crippen LogP contribution in [0, 0.1) is 0 Å². The molecule has 1 N–H and O–H groups in total. The molecule has 1 aromatic carbocycles. The SMILES string of the molecule is CCC1Oc2c(Cl)cc(Cl)c(Cl)c2C1O. The Bertz CT molecular complexity index is 406. The molecule has 1 aliphatic heterocycles. The maximum Gasteiger partial charge on any atom is 0.146 e. The second-order valence-corrected chi connectivity index (χ2v) is 4.60. The smallest absolute Gasteiger partial charge is 0.146 e. The summed E-state index contributed by atoms with van der Waals surface area (Å²) < 4.78 is 5.51. The first-order chi connectivity index (χ1) is 7.06. The Labute approximate surface area is 103 Å². The molecule has 0 saturated heterocycles. The van der Waals surface area contributed by atoms with Gasteiger partial charge in [0, 0.05) is 5.56 Å². The summed E-state index contributed by atoms with van der Waals surface area (Å²) >= 11 is 17.8. The van der Waals surface area contributed by atoms with Crippen molar-refractivity contribution < 1.29 is 9.84 Å². The third-order valence-electron chi connectivity index (χ3n) is 2.48. The summed E-state index contributed by atoms with van der Waals surface area (Å²) in [6, 6.07) is 1.52. The summed E-state index contributed by atoms with van der Waals surface area (Å²) in [5.41, 5.74) is 0.501. The van der Waals surface area contributed by atoms with Crippen LogP contribution in [0.5, 0.6) is 5.75 Å². The topological polar surface area (TPSA) is 29.5 Å². The third-order valence-corrected chi connectivity index (χ3v) is 3.56. The van der Waals surface area contributed by atoms with E-state index in [1.807, 2.05) is 6.92 Å². The highest BCUT2D eigenvalue weighted by Gasteiger charge is 2.36. The van der Waals surface area contributed by atoms with Gasteiger partial charge in [0.1, 0.15) is 18.0 Å². The fourth-order valence-electron chi connectivity index (χ4n) is 1.69. The van der Waals surface area contributed by atoms with Gasteiger partial charge >= 0.3 is 0 Å². The van der Waals surface area contributed by atoms with E-state index in [0.29, 0.717) is 32.8 Å². The van der Waals surface area contributed by atoms with Crippen LogP contribution < -0.4 is 4.74 Å². The molecule has 0 spiro atoms. The van der Waals surface area contributed by atoms with Crippen LogP contribution in [0.3, 0.4) is 0 Å². The second kappa shape index (κ2) is 4.02. The van der Waals surface area contributed by atoms with E-state index in [1.165, 1.54) is 6.07 Å². The molecule has 0 radical (unpaired) electrons. The van der Waals surface area contributed by atoms with Crippen LogP contribution in [-0.2, 0) is 0 Å². The number of halogens is 3. The highest BCUT2D eigenvalue weighted by molar-refractivity contribution is 6.44. The van der Waals surface area contributed by atoms with Gasteiger partial charge in [-0.25, -0.2) is 0 Å². The number of benzene rings is 1. The molecule has 2 unspecified atom stereocenters. The molecule has 1 heterocycles. The van der Waals surface area contributed by atoms with Crippen molar-refractivity contribution in [2.24, 2.45) is 0 Å². The number of aliphatic hydroxyl groups is 1. The predicted molar refractivity (Wildman–Crippen MR) is 61.1 cm³/mol. The Morgan fingerprint density at radius 1 is 1.33 bits per heavy atom. The quantitative estimate of drug-likeness (QED) is 0.783. The van der Waals surface area contributed by atoms with Crippen molar-refractivity contribution in [3.8, 4) is 5.75 Å². The van der Waals surface area contributed by atoms with Gasteiger partial charge in [-0.1, -0.05) is 41.7 Å². The van der Waals surface area contributed by atoms with E-state index in [-0.39, 0.29) is 6.10 Å². The summed E-state index contributed by atoms with van der Waals surface area (Å²) in [7, 11) is 0. The highest BCUT2D eigenvalue weighted by atomic mass is 35.5. The Morgan fingerprint density at radius 3 is 2.60 bits per heavy atom. The summed E-state index contributed by atoms with van der Waals surface area (Å²) in [5, 5.41) is 11.0. The molecule has 1 aromatic rings.